The third-order valence-electron chi connectivity index (χ3n) is 4.38. The molecule has 1 aromatic heterocycles. The lowest BCUT2D eigenvalue weighted by Gasteiger charge is -2.14. The SMILES string of the molecule is O=C(CCCn1cncn1)NCc1ccc(CN2CCCC2)cc1. The summed E-state index contributed by atoms with van der Waals surface area (Å²) >= 11 is 0. The zero-order valence-electron chi connectivity index (χ0n) is 14.0. The number of aromatic nitrogens is 3. The Labute approximate surface area is 142 Å². The Bertz CT molecular complexity index is 617. The van der Waals surface area contributed by atoms with Gasteiger partial charge in [0.15, 0.2) is 0 Å². The number of benzene rings is 1. The van der Waals surface area contributed by atoms with Crippen LogP contribution in [0.15, 0.2) is 36.9 Å². The molecule has 0 aliphatic carbocycles. The summed E-state index contributed by atoms with van der Waals surface area (Å²) < 4.78 is 1.74. The van der Waals surface area contributed by atoms with E-state index in [0.29, 0.717) is 13.0 Å². The standard InChI is InChI=1S/C18H25N5O/c24-18(4-3-11-23-15-19-14-21-23)20-12-16-5-7-17(8-6-16)13-22-9-1-2-10-22/h5-8,14-15H,1-4,9-13H2,(H,20,24). The van der Waals surface area contributed by atoms with Gasteiger partial charge in [-0.3, -0.25) is 14.4 Å². The molecule has 6 heteroatoms. The molecule has 0 unspecified atom stereocenters. The first-order valence-electron chi connectivity index (χ1n) is 8.69. The second-order valence-electron chi connectivity index (χ2n) is 6.34. The van der Waals surface area contributed by atoms with Crippen molar-refractivity contribution in [3.05, 3.63) is 48.0 Å². The molecule has 1 saturated heterocycles. The molecule has 0 bridgehead atoms. The molecule has 1 aromatic carbocycles. The lowest BCUT2D eigenvalue weighted by atomic mass is 10.1. The zero-order chi connectivity index (χ0) is 16.6. The number of rotatable bonds is 8. The average Bonchev–Trinajstić information content (AvgIpc) is 3.28. The lowest BCUT2D eigenvalue weighted by Crippen LogP contribution is -2.23. The number of hydrogen-bond donors (Lipinski definition) is 1. The molecule has 3 rings (SSSR count). The van der Waals surface area contributed by atoms with Crippen molar-refractivity contribution in [2.75, 3.05) is 13.1 Å². The summed E-state index contributed by atoms with van der Waals surface area (Å²) in [4.78, 5) is 18.3. The molecular weight excluding hydrogens is 302 g/mol. The number of nitrogens with one attached hydrogen (secondary N) is 1. The number of carbonyl (C=O) groups excluding carboxylic acids is 1. The van der Waals surface area contributed by atoms with Crippen LogP contribution in [0.5, 0.6) is 0 Å². The quantitative estimate of drug-likeness (QED) is 0.805. The minimum absolute atomic E-state index is 0.0799. The van der Waals surface area contributed by atoms with E-state index in [1.54, 1.807) is 11.0 Å². The van der Waals surface area contributed by atoms with Gasteiger partial charge in [0, 0.05) is 26.1 Å². The Hall–Kier alpha value is -2.21. The first kappa shape index (κ1) is 16.6. The van der Waals surface area contributed by atoms with E-state index in [9.17, 15) is 4.79 Å². The largest absolute Gasteiger partial charge is 0.352 e. The Morgan fingerprint density at radius 1 is 1.12 bits per heavy atom. The summed E-state index contributed by atoms with van der Waals surface area (Å²) in [6, 6.07) is 8.57. The minimum atomic E-state index is 0.0799. The summed E-state index contributed by atoms with van der Waals surface area (Å²) in [5, 5.41) is 7.00. The van der Waals surface area contributed by atoms with E-state index in [0.717, 1.165) is 25.1 Å². The van der Waals surface area contributed by atoms with Crippen LogP contribution >= 0.6 is 0 Å². The van der Waals surface area contributed by atoms with Gasteiger partial charge in [-0.25, -0.2) is 4.98 Å². The molecule has 1 fully saturated rings. The highest BCUT2D eigenvalue weighted by Gasteiger charge is 2.11. The number of likely N-dealkylation sites (tertiary alicyclic amines) is 1. The van der Waals surface area contributed by atoms with Gasteiger partial charge >= 0.3 is 0 Å². The maximum absolute atomic E-state index is 11.9. The van der Waals surface area contributed by atoms with Crippen molar-refractivity contribution in [2.45, 2.75) is 45.3 Å². The second-order valence-corrected chi connectivity index (χ2v) is 6.34. The van der Waals surface area contributed by atoms with Gasteiger partial charge in [-0.2, -0.15) is 5.10 Å². The summed E-state index contributed by atoms with van der Waals surface area (Å²) in [7, 11) is 0. The molecule has 24 heavy (non-hydrogen) atoms. The molecule has 2 heterocycles. The van der Waals surface area contributed by atoms with E-state index in [1.807, 2.05) is 0 Å². The number of aryl methyl sites for hydroxylation is 1. The van der Waals surface area contributed by atoms with Gasteiger partial charge in [0.1, 0.15) is 12.7 Å². The van der Waals surface area contributed by atoms with E-state index in [2.05, 4.69) is 44.6 Å². The molecule has 1 aliphatic rings. The van der Waals surface area contributed by atoms with Gasteiger partial charge in [-0.15, -0.1) is 0 Å². The predicted octanol–water partition coefficient (Wildman–Crippen LogP) is 1.97. The fourth-order valence-electron chi connectivity index (χ4n) is 3.00. The first-order valence-corrected chi connectivity index (χ1v) is 8.69. The third kappa shape index (κ3) is 5.16. The molecule has 0 radical (unpaired) electrons. The normalized spacial score (nSPS) is 14.8. The molecule has 1 N–H and O–H groups in total. The molecular formula is C18H25N5O. The van der Waals surface area contributed by atoms with Gasteiger partial charge in [0.2, 0.25) is 5.91 Å². The van der Waals surface area contributed by atoms with Crippen LogP contribution in [-0.4, -0.2) is 38.7 Å². The first-order chi connectivity index (χ1) is 11.8. The van der Waals surface area contributed by atoms with E-state index in [-0.39, 0.29) is 5.91 Å². The van der Waals surface area contributed by atoms with Crippen LogP contribution in [0.25, 0.3) is 0 Å². The predicted molar refractivity (Wildman–Crippen MR) is 92.1 cm³/mol. The lowest BCUT2D eigenvalue weighted by molar-refractivity contribution is -0.121. The zero-order valence-corrected chi connectivity index (χ0v) is 14.0. The van der Waals surface area contributed by atoms with Crippen LogP contribution in [0.4, 0.5) is 0 Å². The second kappa shape index (κ2) is 8.59. The van der Waals surface area contributed by atoms with Gasteiger partial charge in [-0.05, 0) is 43.5 Å². The Kier molecular flexibility index (Phi) is 5.96. The smallest absolute Gasteiger partial charge is 0.220 e. The van der Waals surface area contributed by atoms with Crippen molar-refractivity contribution in [2.24, 2.45) is 0 Å². The van der Waals surface area contributed by atoms with Crippen LogP contribution in [0.1, 0.15) is 36.8 Å². The van der Waals surface area contributed by atoms with E-state index >= 15 is 0 Å². The average molecular weight is 327 g/mol. The van der Waals surface area contributed by atoms with Crippen LogP contribution in [0, 0.1) is 0 Å². The molecule has 2 aromatic rings. The van der Waals surface area contributed by atoms with Crippen molar-refractivity contribution in [3.63, 3.8) is 0 Å². The fourth-order valence-corrected chi connectivity index (χ4v) is 3.00. The molecule has 6 nitrogen and oxygen atoms in total. The molecule has 0 spiro atoms. The fraction of sp³-hybridized carbons (Fsp3) is 0.500. The van der Waals surface area contributed by atoms with Gasteiger partial charge in [0.05, 0.1) is 0 Å². The van der Waals surface area contributed by atoms with Crippen LogP contribution in [-0.2, 0) is 24.4 Å². The molecule has 128 valence electrons. The van der Waals surface area contributed by atoms with Crippen LogP contribution in [0.2, 0.25) is 0 Å². The van der Waals surface area contributed by atoms with Gasteiger partial charge < -0.3 is 5.32 Å². The highest BCUT2D eigenvalue weighted by Crippen LogP contribution is 2.13. The van der Waals surface area contributed by atoms with Crippen molar-refractivity contribution in [1.29, 1.82) is 0 Å². The van der Waals surface area contributed by atoms with Crippen molar-refractivity contribution in [1.82, 2.24) is 25.0 Å². The molecule has 1 amide bonds. The summed E-state index contributed by atoms with van der Waals surface area (Å²) in [6.07, 6.45) is 7.09. The summed E-state index contributed by atoms with van der Waals surface area (Å²) in [5.41, 5.74) is 2.49. The Morgan fingerprint density at radius 2 is 1.88 bits per heavy atom. The maximum atomic E-state index is 11.9. The Morgan fingerprint density at radius 3 is 2.58 bits per heavy atom. The third-order valence-corrected chi connectivity index (χ3v) is 4.38. The van der Waals surface area contributed by atoms with E-state index in [1.165, 1.54) is 37.8 Å². The van der Waals surface area contributed by atoms with E-state index < -0.39 is 0 Å². The molecule has 0 saturated carbocycles. The maximum Gasteiger partial charge on any atom is 0.220 e. The number of carbonyl (C=O) groups is 1. The monoisotopic (exact) mass is 327 g/mol. The van der Waals surface area contributed by atoms with Gasteiger partial charge in [-0.1, -0.05) is 24.3 Å². The van der Waals surface area contributed by atoms with Crippen LogP contribution < -0.4 is 5.32 Å². The van der Waals surface area contributed by atoms with Crippen molar-refractivity contribution >= 4 is 5.91 Å². The highest BCUT2D eigenvalue weighted by molar-refractivity contribution is 5.75. The van der Waals surface area contributed by atoms with Gasteiger partial charge in [0.25, 0.3) is 0 Å². The van der Waals surface area contributed by atoms with Crippen molar-refractivity contribution < 1.29 is 4.79 Å². The number of nitrogens with zero attached hydrogens (tertiary/aromatic N) is 4. The van der Waals surface area contributed by atoms with E-state index in [4.69, 9.17) is 0 Å². The van der Waals surface area contributed by atoms with Crippen molar-refractivity contribution in [3.8, 4) is 0 Å². The van der Waals surface area contributed by atoms with Crippen LogP contribution in [0.3, 0.4) is 0 Å². The summed E-state index contributed by atoms with van der Waals surface area (Å²) in [6.45, 7) is 4.78. The molecule has 1 aliphatic heterocycles. The highest BCUT2D eigenvalue weighted by atomic mass is 16.1. The topological polar surface area (TPSA) is 63.1 Å². The summed E-state index contributed by atoms with van der Waals surface area (Å²) in [5.74, 6) is 0.0799. The Balaban J connectivity index is 1.35. The molecule has 0 atom stereocenters. The number of hydrogen-bond acceptors (Lipinski definition) is 4. The minimum Gasteiger partial charge on any atom is -0.352 e. The number of amides is 1.